The zero-order valence-corrected chi connectivity index (χ0v) is 13.8. The molecule has 106 valence electrons. The van der Waals surface area contributed by atoms with E-state index in [-0.39, 0.29) is 6.04 Å². The Bertz CT molecular complexity index is 783. The van der Waals surface area contributed by atoms with Gasteiger partial charge in [-0.05, 0) is 36.8 Å². The zero-order valence-electron chi connectivity index (χ0n) is 11.5. The van der Waals surface area contributed by atoms with Crippen LogP contribution in [0.1, 0.15) is 18.5 Å². The summed E-state index contributed by atoms with van der Waals surface area (Å²) in [5.74, 6) is 0. The van der Waals surface area contributed by atoms with Gasteiger partial charge in [0.1, 0.15) is 0 Å². The summed E-state index contributed by atoms with van der Waals surface area (Å²) in [4.78, 5) is 4.16. The monoisotopic (exact) mass is 360 g/mol. The van der Waals surface area contributed by atoms with E-state index >= 15 is 0 Å². The largest absolute Gasteiger partial charge is 0.378 e. The van der Waals surface area contributed by atoms with E-state index in [1.54, 1.807) is 0 Å². The van der Waals surface area contributed by atoms with Gasteiger partial charge in [-0.2, -0.15) is 0 Å². The van der Waals surface area contributed by atoms with Crippen LogP contribution in [-0.2, 0) is 0 Å². The molecular formula is C17H14BrClN2. The summed E-state index contributed by atoms with van der Waals surface area (Å²) in [6.45, 7) is 2.11. The molecule has 3 rings (SSSR count). The van der Waals surface area contributed by atoms with Crippen LogP contribution >= 0.6 is 27.5 Å². The van der Waals surface area contributed by atoms with E-state index in [1.165, 1.54) is 0 Å². The summed E-state index contributed by atoms with van der Waals surface area (Å²) in [5.41, 5.74) is 2.16. The second kappa shape index (κ2) is 6.04. The average molecular weight is 362 g/mol. The molecule has 0 amide bonds. The fourth-order valence-corrected chi connectivity index (χ4v) is 3.25. The molecule has 1 atom stereocenters. The van der Waals surface area contributed by atoms with Crippen molar-refractivity contribution in [3.05, 3.63) is 69.9 Å². The van der Waals surface area contributed by atoms with Crippen molar-refractivity contribution in [3.8, 4) is 0 Å². The van der Waals surface area contributed by atoms with Crippen LogP contribution in [0.15, 0.2) is 59.3 Å². The third-order valence-electron chi connectivity index (χ3n) is 3.48. The molecule has 0 radical (unpaired) electrons. The van der Waals surface area contributed by atoms with Gasteiger partial charge in [0, 0.05) is 38.3 Å². The number of rotatable bonds is 3. The van der Waals surface area contributed by atoms with Crippen molar-refractivity contribution in [2.24, 2.45) is 0 Å². The summed E-state index contributed by atoms with van der Waals surface area (Å²) in [6.07, 6.45) is 3.68. The first kappa shape index (κ1) is 14.4. The van der Waals surface area contributed by atoms with Crippen LogP contribution in [0.4, 0.5) is 5.69 Å². The van der Waals surface area contributed by atoms with Crippen molar-refractivity contribution >= 4 is 44.0 Å². The van der Waals surface area contributed by atoms with Crippen molar-refractivity contribution in [1.29, 1.82) is 0 Å². The molecule has 1 N–H and O–H groups in total. The summed E-state index contributed by atoms with van der Waals surface area (Å²) in [7, 11) is 0. The van der Waals surface area contributed by atoms with Crippen molar-refractivity contribution in [3.63, 3.8) is 0 Å². The number of benzene rings is 2. The number of nitrogens with one attached hydrogen (secondary N) is 1. The predicted octanol–water partition coefficient (Wildman–Crippen LogP) is 5.82. The minimum atomic E-state index is 0.115. The molecule has 2 nitrogen and oxygen atoms in total. The number of halogens is 2. The smallest absolute Gasteiger partial charge is 0.0500 e. The first-order valence-corrected chi connectivity index (χ1v) is 7.86. The Kier molecular flexibility index (Phi) is 4.13. The van der Waals surface area contributed by atoms with Gasteiger partial charge in [0.15, 0.2) is 0 Å². The molecule has 1 unspecified atom stereocenters. The van der Waals surface area contributed by atoms with E-state index in [4.69, 9.17) is 11.6 Å². The standard InChI is InChI=1S/C17H14BrClN2/c1-11(14-6-5-13(18)9-16(14)19)21-17-4-2-3-12-10-20-8-7-15(12)17/h2-11,21H,1H3. The minimum absolute atomic E-state index is 0.115. The highest BCUT2D eigenvalue weighted by atomic mass is 79.9. The van der Waals surface area contributed by atoms with Crippen molar-refractivity contribution in [2.45, 2.75) is 13.0 Å². The number of nitrogens with zero attached hydrogens (tertiary/aromatic N) is 1. The zero-order chi connectivity index (χ0) is 14.8. The maximum absolute atomic E-state index is 6.33. The lowest BCUT2D eigenvalue weighted by Crippen LogP contribution is -2.07. The van der Waals surface area contributed by atoms with E-state index in [0.29, 0.717) is 0 Å². The van der Waals surface area contributed by atoms with Gasteiger partial charge in [-0.15, -0.1) is 0 Å². The number of pyridine rings is 1. The summed E-state index contributed by atoms with van der Waals surface area (Å²) < 4.78 is 0.986. The molecule has 4 heteroatoms. The highest BCUT2D eigenvalue weighted by Gasteiger charge is 2.11. The molecule has 3 aromatic rings. The second-order valence-corrected chi connectivity index (χ2v) is 6.26. The van der Waals surface area contributed by atoms with Crippen molar-refractivity contribution in [2.75, 3.05) is 5.32 Å². The van der Waals surface area contributed by atoms with Crippen LogP contribution in [0.2, 0.25) is 5.02 Å². The lowest BCUT2D eigenvalue weighted by molar-refractivity contribution is 0.886. The molecule has 0 aliphatic rings. The van der Waals surface area contributed by atoms with Crippen LogP contribution < -0.4 is 5.32 Å². The van der Waals surface area contributed by atoms with Crippen molar-refractivity contribution in [1.82, 2.24) is 4.98 Å². The summed E-state index contributed by atoms with van der Waals surface area (Å²) in [6, 6.07) is 14.3. The molecule has 0 fully saturated rings. The minimum Gasteiger partial charge on any atom is -0.378 e. The molecule has 2 aromatic carbocycles. The highest BCUT2D eigenvalue weighted by Crippen LogP contribution is 2.31. The first-order valence-electron chi connectivity index (χ1n) is 6.69. The molecule has 0 saturated heterocycles. The lowest BCUT2D eigenvalue weighted by atomic mass is 10.1. The van der Waals surface area contributed by atoms with E-state index in [9.17, 15) is 0 Å². The summed E-state index contributed by atoms with van der Waals surface area (Å²) in [5, 5.41) is 6.57. The second-order valence-electron chi connectivity index (χ2n) is 4.93. The Hall–Kier alpha value is -1.58. The van der Waals surface area contributed by atoms with E-state index in [2.05, 4.69) is 45.3 Å². The molecule has 0 aliphatic heterocycles. The average Bonchev–Trinajstić information content (AvgIpc) is 2.47. The van der Waals surface area contributed by atoms with Gasteiger partial charge in [0.25, 0.3) is 0 Å². The fourth-order valence-electron chi connectivity index (χ4n) is 2.41. The Labute approximate surface area is 137 Å². The van der Waals surface area contributed by atoms with Gasteiger partial charge in [0.2, 0.25) is 0 Å². The normalized spacial score (nSPS) is 12.3. The van der Waals surface area contributed by atoms with Crippen LogP contribution in [0, 0.1) is 0 Å². The first-order chi connectivity index (χ1) is 10.1. The Morgan fingerprint density at radius 1 is 1.19 bits per heavy atom. The number of hydrogen-bond donors (Lipinski definition) is 1. The van der Waals surface area contributed by atoms with Gasteiger partial charge >= 0.3 is 0 Å². The predicted molar refractivity (Wildman–Crippen MR) is 92.9 cm³/mol. The quantitative estimate of drug-likeness (QED) is 0.635. The molecule has 0 aliphatic carbocycles. The maximum Gasteiger partial charge on any atom is 0.0500 e. The van der Waals surface area contributed by atoms with E-state index < -0.39 is 0 Å². The van der Waals surface area contributed by atoms with Gasteiger partial charge in [-0.1, -0.05) is 45.7 Å². The molecule has 1 aromatic heterocycles. The molecular weight excluding hydrogens is 348 g/mol. The van der Waals surface area contributed by atoms with Crippen molar-refractivity contribution < 1.29 is 0 Å². The Balaban J connectivity index is 1.94. The van der Waals surface area contributed by atoms with Gasteiger partial charge in [-0.25, -0.2) is 0 Å². The third kappa shape index (κ3) is 3.04. The summed E-state index contributed by atoms with van der Waals surface area (Å²) >= 11 is 9.76. The van der Waals surface area contributed by atoms with E-state index in [0.717, 1.165) is 31.5 Å². The number of anilines is 1. The Morgan fingerprint density at radius 2 is 2.05 bits per heavy atom. The SMILES string of the molecule is CC(Nc1cccc2cnccc12)c1ccc(Br)cc1Cl. The topological polar surface area (TPSA) is 24.9 Å². The molecule has 1 heterocycles. The fraction of sp³-hybridized carbons (Fsp3) is 0.118. The highest BCUT2D eigenvalue weighted by molar-refractivity contribution is 9.10. The van der Waals surface area contributed by atoms with Crippen LogP contribution in [0.25, 0.3) is 10.8 Å². The van der Waals surface area contributed by atoms with Gasteiger partial charge in [0.05, 0.1) is 6.04 Å². The number of hydrogen-bond acceptors (Lipinski definition) is 2. The van der Waals surface area contributed by atoms with Crippen LogP contribution in [0.5, 0.6) is 0 Å². The van der Waals surface area contributed by atoms with Crippen LogP contribution in [0.3, 0.4) is 0 Å². The van der Waals surface area contributed by atoms with Gasteiger partial charge in [-0.3, -0.25) is 4.98 Å². The molecule has 0 bridgehead atoms. The maximum atomic E-state index is 6.33. The van der Waals surface area contributed by atoms with E-state index in [1.807, 2.05) is 42.7 Å². The molecule has 0 saturated carbocycles. The molecule has 0 spiro atoms. The number of aromatic nitrogens is 1. The lowest BCUT2D eigenvalue weighted by Gasteiger charge is -2.18. The van der Waals surface area contributed by atoms with Crippen LogP contribution in [-0.4, -0.2) is 4.98 Å². The molecule has 21 heavy (non-hydrogen) atoms. The number of fused-ring (bicyclic) bond motifs is 1. The Morgan fingerprint density at radius 3 is 2.86 bits per heavy atom. The van der Waals surface area contributed by atoms with Gasteiger partial charge < -0.3 is 5.32 Å². The third-order valence-corrected chi connectivity index (χ3v) is 4.30.